The minimum absolute atomic E-state index is 0.143. The Bertz CT molecular complexity index is 530. The first-order valence-electron chi connectivity index (χ1n) is 6.65. The Labute approximate surface area is 113 Å². The van der Waals surface area contributed by atoms with Gasteiger partial charge in [-0.15, -0.1) is 0 Å². The molecule has 2 N–H and O–H groups in total. The van der Waals surface area contributed by atoms with Crippen molar-refractivity contribution in [3.05, 3.63) is 11.4 Å². The lowest BCUT2D eigenvalue weighted by molar-refractivity contribution is 0.263. The van der Waals surface area contributed by atoms with Gasteiger partial charge in [-0.05, 0) is 25.7 Å². The smallest absolute Gasteiger partial charge is 0.246 e. The summed E-state index contributed by atoms with van der Waals surface area (Å²) < 4.78 is 26.7. The number of aromatic nitrogens is 2. The number of hydrogen-bond acceptors (Lipinski definition) is 4. The van der Waals surface area contributed by atoms with Crippen LogP contribution in [0.2, 0.25) is 0 Å². The molecule has 2 rings (SSSR count). The van der Waals surface area contributed by atoms with Gasteiger partial charge >= 0.3 is 0 Å². The van der Waals surface area contributed by atoms with E-state index in [0.717, 1.165) is 19.3 Å². The molecule has 0 aromatic carbocycles. The molecule has 1 aromatic rings. The summed E-state index contributed by atoms with van der Waals surface area (Å²) in [4.78, 5) is 0.143. The highest BCUT2D eigenvalue weighted by molar-refractivity contribution is 7.89. The minimum Gasteiger partial charge on any atom is -0.390 e. The van der Waals surface area contributed by atoms with Crippen LogP contribution in [0.3, 0.4) is 0 Å². The highest BCUT2D eigenvalue weighted by atomic mass is 32.2. The fourth-order valence-electron chi connectivity index (χ4n) is 2.61. The number of hydrogen-bond donors (Lipinski definition) is 2. The van der Waals surface area contributed by atoms with Gasteiger partial charge in [-0.2, -0.15) is 9.40 Å². The van der Waals surface area contributed by atoms with Crippen molar-refractivity contribution < 1.29 is 13.5 Å². The standard InChI is InChI=1S/C12H21N3O3S/c1-3-10-4-6-15(7-5-10)19(17,18)12-9(2)13-14-11(12)8-16/h10,16H,3-8H2,1-2H3,(H,13,14). The average Bonchev–Trinajstić information content (AvgIpc) is 2.80. The SMILES string of the molecule is CCC1CCN(S(=O)(=O)c2c(CO)n[nH]c2C)CC1. The van der Waals surface area contributed by atoms with Crippen molar-refractivity contribution in [2.24, 2.45) is 5.92 Å². The molecule has 108 valence electrons. The molecular weight excluding hydrogens is 266 g/mol. The Kier molecular flexibility index (Phi) is 4.27. The van der Waals surface area contributed by atoms with Crippen LogP contribution in [0.5, 0.6) is 0 Å². The normalized spacial score (nSPS) is 18.9. The molecule has 0 aliphatic carbocycles. The zero-order chi connectivity index (χ0) is 14.0. The summed E-state index contributed by atoms with van der Waals surface area (Å²) in [5, 5.41) is 15.7. The van der Waals surface area contributed by atoms with Crippen LogP contribution >= 0.6 is 0 Å². The zero-order valence-electron chi connectivity index (χ0n) is 11.4. The van der Waals surface area contributed by atoms with Crippen LogP contribution in [0, 0.1) is 12.8 Å². The van der Waals surface area contributed by atoms with Crippen molar-refractivity contribution in [1.82, 2.24) is 14.5 Å². The molecule has 7 heteroatoms. The number of piperidine rings is 1. The summed E-state index contributed by atoms with van der Waals surface area (Å²) in [5.41, 5.74) is 0.691. The summed E-state index contributed by atoms with van der Waals surface area (Å²) in [6.07, 6.45) is 2.91. The summed E-state index contributed by atoms with van der Waals surface area (Å²) in [6.45, 7) is 4.54. The van der Waals surface area contributed by atoms with Crippen LogP contribution in [0.1, 0.15) is 37.6 Å². The highest BCUT2D eigenvalue weighted by Crippen LogP contribution is 2.27. The predicted molar refractivity (Wildman–Crippen MR) is 71.0 cm³/mol. The van der Waals surface area contributed by atoms with Gasteiger partial charge in [0.2, 0.25) is 10.0 Å². The number of nitrogens with one attached hydrogen (secondary N) is 1. The van der Waals surface area contributed by atoms with Gasteiger partial charge in [-0.3, -0.25) is 5.10 Å². The number of aromatic amines is 1. The number of nitrogens with zero attached hydrogens (tertiary/aromatic N) is 2. The molecule has 1 saturated heterocycles. The van der Waals surface area contributed by atoms with Crippen LogP contribution in [-0.4, -0.2) is 41.1 Å². The monoisotopic (exact) mass is 287 g/mol. The van der Waals surface area contributed by atoms with E-state index in [4.69, 9.17) is 0 Å². The van der Waals surface area contributed by atoms with Gasteiger partial charge in [0.05, 0.1) is 12.3 Å². The fourth-order valence-corrected chi connectivity index (χ4v) is 4.40. The molecule has 1 aliphatic rings. The minimum atomic E-state index is -3.54. The van der Waals surface area contributed by atoms with E-state index in [2.05, 4.69) is 17.1 Å². The number of aryl methyl sites for hydroxylation is 1. The molecule has 0 bridgehead atoms. The molecule has 1 aromatic heterocycles. The van der Waals surface area contributed by atoms with Gasteiger partial charge in [0, 0.05) is 13.1 Å². The Morgan fingerprint density at radius 2 is 2.05 bits per heavy atom. The molecule has 6 nitrogen and oxygen atoms in total. The maximum atomic E-state index is 12.6. The van der Waals surface area contributed by atoms with Gasteiger partial charge < -0.3 is 5.11 Å². The second kappa shape index (κ2) is 5.60. The number of rotatable bonds is 4. The van der Waals surface area contributed by atoms with E-state index in [0.29, 0.717) is 24.7 Å². The number of H-pyrrole nitrogens is 1. The Morgan fingerprint density at radius 1 is 1.42 bits per heavy atom. The Hall–Kier alpha value is -0.920. The molecule has 0 unspecified atom stereocenters. The third-order valence-corrected chi connectivity index (χ3v) is 5.96. The van der Waals surface area contributed by atoms with E-state index in [1.807, 2.05) is 0 Å². The van der Waals surface area contributed by atoms with Crippen molar-refractivity contribution in [3.8, 4) is 0 Å². The van der Waals surface area contributed by atoms with E-state index in [1.54, 1.807) is 6.92 Å². The van der Waals surface area contributed by atoms with Crippen LogP contribution in [-0.2, 0) is 16.6 Å². The topological polar surface area (TPSA) is 86.3 Å². The third kappa shape index (κ3) is 2.68. The van der Waals surface area contributed by atoms with Gasteiger partial charge in [0.15, 0.2) is 0 Å². The summed E-state index contributed by atoms with van der Waals surface area (Å²) >= 11 is 0. The molecule has 1 fully saturated rings. The molecule has 1 aliphatic heterocycles. The summed E-state index contributed by atoms with van der Waals surface area (Å²) in [7, 11) is -3.54. The van der Waals surface area contributed by atoms with Crippen LogP contribution < -0.4 is 0 Å². The van der Waals surface area contributed by atoms with Crippen molar-refractivity contribution in [1.29, 1.82) is 0 Å². The number of aliphatic hydroxyl groups excluding tert-OH is 1. The zero-order valence-corrected chi connectivity index (χ0v) is 12.2. The Morgan fingerprint density at radius 3 is 2.58 bits per heavy atom. The molecule has 0 atom stereocenters. The fraction of sp³-hybridized carbons (Fsp3) is 0.750. The van der Waals surface area contributed by atoms with E-state index in [9.17, 15) is 13.5 Å². The van der Waals surface area contributed by atoms with Crippen LogP contribution in [0.25, 0.3) is 0 Å². The summed E-state index contributed by atoms with van der Waals surface area (Å²) in [5.74, 6) is 0.620. The predicted octanol–water partition coefficient (Wildman–Crippen LogP) is 1.02. The van der Waals surface area contributed by atoms with E-state index in [-0.39, 0.29) is 17.2 Å². The highest BCUT2D eigenvalue weighted by Gasteiger charge is 2.33. The van der Waals surface area contributed by atoms with E-state index >= 15 is 0 Å². The Balaban J connectivity index is 2.26. The molecule has 0 saturated carbocycles. The first kappa shape index (κ1) is 14.5. The maximum Gasteiger partial charge on any atom is 0.246 e. The molecule has 0 radical (unpaired) electrons. The lowest BCUT2D eigenvalue weighted by Gasteiger charge is -2.30. The van der Waals surface area contributed by atoms with Crippen molar-refractivity contribution >= 4 is 10.0 Å². The van der Waals surface area contributed by atoms with Crippen LogP contribution in [0.15, 0.2) is 4.90 Å². The number of aliphatic hydroxyl groups is 1. The van der Waals surface area contributed by atoms with E-state index in [1.165, 1.54) is 4.31 Å². The first-order chi connectivity index (χ1) is 9.00. The second-order valence-electron chi connectivity index (χ2n) is 5.04. The average molecular weight is 287 g/mol. The molecule has 19 heavy (non-hydrogen) atoms. The summed E-state index contributed by atoms with van der Waals surface area (Å²) in [6, 6.07) is 0. The van der Waals surface area contributed by atoms with Gasteiger partial charge in [-0.25, -0.2) is 8.42 Å². The third-order valence-electron chi connectivity index (χ3n) is 3.86. The van der Waals surface area contributed by atoms with Gasteiger partial charge in [0.1, 0.15) is 10.6 Å². The molecule has 0 spiro atoms. The van der Waals surface area contributed by atoms with Crippen molar-refractivity contribution in [2.45, 2.75) is 44.6 Å². The lowest BCUT2D eigenvalue weighted by atomic mass is 9.96. The maximum absolute atomic E-state index is 12.6. The number of sulfonamides is 1. The van der Waals surface area contributed by atoms with Crippen molar-refractivity contribution in [3.63, 3.8) is 0 Å². The molecule has 2 heterocycles. The quantitative estimate of drug-likeness (QED) is 0.865. The molecular formula is C12H21N3O3S. The first-order valence-corrected chi connectivity index (χ1v) is 8.09. The van der Waals surface area contributed by atoms with Gasteiger partial charge in [0.25, 0.3) is 0 Å². The largest absolute Gasteiger partial charge is 0.390 e. The second-order valence-corrected chi connectivity index (χ2v) is 6.91. The molecule has 0 amide bonds. The lowest BCUT2D eigenvalue weighted by Crippen LogP contribution is -2.38. The van der Waals surface area contributed by atoms with Crippen molar-refractivity contribution in [2.75, 3.05) is 13.1 Å². The van der Waals surface area contributed by atoms with Crippen LogP contribution in [0.4, 0.5) is 0 Å². The van der Waals surface area contributed by atoms with Gasteiger partial charge in [-0.1, -0.05) is 13.3 Å². The van der Waals surface area contributed by atoms with E-state index < -0.39 is 10.0 Å².